The van der Waals surface area contributed by atoms with Gasteiger partial charge in [0.05, 0.1) is 5.60 Å². The number of nitrogens with one attached hydrogen (secondary N) is 1. The van der Waals surface area contributed by atoms with E-state index in [9.17, 15) is 14.7 Å². The minimum absolute atomic E-state index is 0.311. The summed E-state index contributed by atoms with van der Waals surface area (Å²) in [6, 6.07) is -0.857. The Balaban J connectivity index is 3.86. The number of carbonyl (C=O) groups excluding carboxylic acids is 1. The fourth-order valence-electron chi connectivity index (χ4n) is 0.943. The molecule has 0 rings (SSSR count). The maximum atomic E-state index is 10.7. The molecule has 0 aromatic carbocycles. The van der Waals surface area contributed by atoms with Gasteiger partial charge in [-0.25, -0.2) is 4.79 Å². The standard InChI is InChI=1S/C10H19NO4S/c1-7(12)11-8(9(13)14)6-16-5-4-10(2,3)15/h8,15H,4-6H2,1-3H3,(H,11,12)(H,13,14). The first kappa shape index (κ1) is 15.2. The van der Waals surface area contributed by atoms with Crippen LogP contribution in [0.3, 0.4) is 0 Å². The SMILES string of the molecule is CC(=O)NC(CSCCC(C)(C)O)C(=O)O. The lowest BCUT2D eigenvalue weighted by molar-refractivity contribution is -0.140. The third-order valence-electron chi connectivity index (χ3n) is 1.82. The van der Waals surface area contributed by atoms with Crippen molar-refractivity contribution in [1.82, 2.24) is 5.32 Å². The highest BCUT2D eigenvalue weighted by molar-refractivity contribution is 7.99. The predicted octanol–water partition coefficient (Wildman–Crippen LogP) is 0.470. The molecule has 0 saturated carbocycles. The number of aliphatic hydroxyl groups is 1. The quantitative estimate of drug-likeness (QED) is 0.571. The van der Waals surface area contributed by atoms with Gasteiger partial charge in [-0.15, -0.1) is 0 Å². The maximum Gasteiger partial charge on any atom is 0.327 e. The highest BCUT2D eigenvalue weighted by Gasteiger charge is 2.19. The van der Waals surface area contributed by atoms with Crippen molar-refractivity contribution >= 4 is 23.6 Å². The van der Waals surface area contributed by atoms with E-state index in [0.29, 0.717) is 17.9 Å². The van der Waals surface area contributed by atoms with Crippen molar-refractivity contribution in [2.24, 2.45) is 0 Å². The van der Waals surface area contributed by atoms with Crippen LogP contribution in [0.25, 0.3) is 0 Å². The Bertz CT molecular complexity index is 250. The molecule has 1 amide bonds. The zero-order valence-corrected chi connectivity index (χ0v) is 10.6. The number of hydrogen-bond acceptors (Lipinski definition) is 4. The summed E-state index contributed by atoms with van der Waals surface area (Å²) in [6.07, 6.45) is 0.587. The van der Waals surface area contributed by atoms with Crippen LogP contribution in [0.1, 0.15) is 27.2 Å². The number of aliphatic carboxylic acids is 1. The summed E-state index contributed by atoms with van der Waals surface area (Å²) in [4.78, 5) is 21.5. The van der Waals surface area contributed by atoms with E-state index in [2.05, 4.69) is 5.32 Å². The van der Waals surface area contributed by atoms with Crippen LogP contribution in [0.4, 0.5) is 0 Å². The average molecular weight is 249 g/mol. The lowest BCUT2D eigenvalue weighted by Gasteiger charge is -2.17. The number of rotatable bonds is 7. The summed E-state index contributed by atoms with van der Waals surface area (Å²) in [5.41, 5.74) is -0.736. The van der Waals surface area contributed by atoms with Crippen LogP contribution in [0.15, 0.2) is 0 Å². The molecule has 0 spiro atoms. The van der Waals surface area contributed by atoms with Gasteiger partial charge in [0.25, 0.3) is 0 Å². The van der Waals surface area contributed by atoms with E-state index in [0.717, 1.165) is 0 Å². The van der Waals surface area contributed by atoms with Crippen LogP contribution >= 0.6 is 11.8 Å². The van der Waals surface area contributed by atoms with E-state index in [-0.39, 0.29) is 5.91 Å². The van der Waals surface area contributed by atoms with Gasteiger partial charge in [0.1, 0.15) is 6.04 Å². The molecule has 6 heteroatoms. The molecule has 0 aliphatic rings. The van der Waals surface area contributed by atoms with Gasteiger partial charge in [0.15, 0.2) is 0 Å². The summed E-state index contributed by atoms with van der Waals surface area (Å²) in [6.45, 7) is 4.70. The second-order valence-corrected chi connectivity index (χ2v) is 5.38. The first-order valence-corrected chi connectivity index (χ1v) is 6.18. The van der Waals surface area contributed by atoms with E-state index in [1.165, 1.54) is 18.7 Å². The van der Waals surface area contributed by atoms with Crippen LogP contribution in [-0.4, -0.2) is 45.2 Å². The molecule has 1 unspecified atom stereocenters. The summed E-state index contributed by atoms with van der Waals surface area (Å²) in [5.74, 6) is -0.417. The van der Waals surface area contributed by atoms with Gasteiger partial charge < -0.3 is 15.5 Å². The van der Waals surface area contributed by atoms with Gasteiger partial charge in [0, 0.05) is 12.7 Å². The Morgan fingerprint density at radius 3 is 2.38 bits per heavy atom. The maximum absolute atomic E-state index is 10.7. The molecule has 0 aliphatic heterocycles. The van der Waals surface area contributed by atoms with Crippen molar-refractivity contribution in [2.45, 2.75) is 38.8 Å². The summed E-state index contributed by atoms with van der Waals surface area (Å²) in [7, 11) is 0. The first-order valence-electron chi connectivity index (χ1n) is 5.02. The molecular weight excluding hydrogens is 230 g/mol. The second kappa shape index (κ2) is 6.75. The zero-order chi connectivity index (χ0) is 12.8. The third kappa shape index (κ3) is 8.55. The molecule has 5 nitrogen and oxygen atoms in total. The van der Waals surface area contributed by atoms with Crippen molar-refractivity contribution in [3.63, 3.8) is 0 Å². The van der Waals surface area contributed by atoms with Gasteiger partial charge >= 0.3 is 5.97 Å². The summed E-state index contributed by atoms with van der Waals surface area (Å²) >= 11 is 1.40. The molecule has 0 bridgehead atoms. The zero-order valence-electron chi connectivity index (χ0n) is 9.82. The van der Waals surface area contributed by atoms with Gasteiger partial charge in [0.2, 0.25) is 5.91 Å². The molecule has 0 fully saturated rings. The molecule has 0 radical (unpaired) electrons. The van der Waals surface area contributed by atoms with Gasteiger partial charge in [-0.2, -0.15) is 11.8 Å². The minimum Gasteiger partial charge on any atom is -0.480 e. The largest absolute Gasteiger partial charge is 0.480 e. The monoisotopic (exact) mass is 249 g/mol. The molecule has 16 heavy (non-hydrogen) atoms. The summed E-state index contributed by atoms with van der Waals surface area (Å²) in [5, 5.41) is 20.6. The Hall–Kier alpha value is -0.750. The van der Waals surface area contributed by atoms with Gasteiger partial charge in [-0.1, -0.05) is 0 Å². The van der Waals surface area contributed by atoms with Crippen LogP contribution < -0.4 is 5.32 Å². The first-order chi connectivity index (χ1) is 7.22. The molecule has 0 heterocycles. The average Bonchev–Trinajstić information content (AvgIpc) is 2.07. The number of carboxylic acid groups (broad SMARTS) is 1. The molecule has 0 aliphatic carbocycles. The highest BCUT2D eigenvalue weighted by atomic mass is 32.2. The van der Waals surface area contributed by atoms with Crippen molar-refractivity contribution in [2.75, 3.05) is 11.5 Å². The third-order valence-corrected chi connectivity index (χ3v) is 2.88. The second-order valence-electron chi connectivity index (χ2n) is 4.23. The molecule has 3 N–H and O–H groups in total. The molecule has 0 aromatic rings. The van der Waals surface area contributed by atoms with Crippen LogP contribution in [0.2, 0.25) is 0 Å². The number of thioether (sulfide) groups is 1. The van der Waals surface area contributed by atoms with E-state index >= 15 is 0 Å². The Morgan fingerprint density at radius 1 is 1.44 bits per heavy atom. The molecule has 94 valence electrons. The topological polar surface area (TPSA) is 86.6 Å². The molecule has 0 aromatic heterocycles. The number of hydrogen-bond donors (Lipinski definition) is 3. The van der Waals surface area contributed by atoms with E-state index in [1.807, 2.05) is 0 Å². The number of amides is 1. The van der Waals surface area contributed by atoms with Gasteiger partial charge in [-0.05, 0) is 26.0 Å². The lowest BCUT2D eigenvalue weighted by atomic mass is 10.1. The van der Waals surface area contributed by atoms with Crippen LogP contribution in [0, 0.1) is 0 Å². The Labute approximate surface area is 99.6 Å². The van der Waals surface area contributed by atoms with E-state index in [1.54, 1.807) is 13.8 Å². The minimum atomic E-state index is -1.04. The van der Waals surface area contributed by atoms with Crippen LogP contribution in [0.5, 0.6) is 0 Å². The molecule has 1 atom stereocenters. The molecular formula is C10H19NO4S. The van der Waals surface area contributed by atoms with Crippen molar-refractivity contribution in [3.05, 3.63) is 0 Å². The van der Waals surface area contributed by atoms with E-state index in [4.69, 9.17) is 5.11 Å². The fourth-order valence-corrected chi connectivity index (χ4v) is 2.22. The number of carboxylic acids is 1. The van der Waals surface area contributed by atoms with E-state index < -0.39 is 17.6 Å². The Morgan fingerprint density at radius 2 is 2.00 bits per heavy atom. The van der Waals surface area contributed by atoms with Crippen LogP contribution in [-0.2, 0) is 9.59 Å². The predicted molar refractivity (Wildman–Crippen MR) is 63.5 cm³/mol. The van der Waals surface area contributed by atoms with Gasteiger partial charge in [-0.3, -0.25) is 4.79 Å². The smallest absolute Gasteiger partial charge is 0.327 e. The normalized spacial score (nSPS) is 13.2. The number of carbonyl (C=O) groups is 2. The van der Waals surface area contributed by atoms with Crippen molar-refractivity contribution in [1.29, 1.82) is 0 Å². The fraction of sp³-hybridized carbons (Fsp3) is 0.800. The molecule has 0 saturated heterocycles. The Kier molecular flexibility index (Phi) is 6.43. The van der Waals surface area contributed by atoms with Crippen molar-refractivity contribution in [3.8, 4) is 0 Å². The van der Waals surface area contributed by atoms with Crippen molar-refractivity contribution < 1.29 is 19.8 Å². The highest BCUT2D eigenvalue weighted by Crippen LogP contribution is 2.13. The summed E-state index contributed by atoms with van der Waals surface area (Å²) < 4.78 is 0. The lowest BCUT2D eigenvalue weighted by Crippen LogP contribution is -2.41.